The number of fused-ring (bicyclic) bond motifs is 2. The van der Waals surface area contributed by atoms with Crippen LogP contribution in [-0.2, 0) is 0 Å². The number of aryl methyl sites for hydroxylation is 1. The van der Waals surface area contributed by atoms with Gasteiger partial charge in [-0.1, -0.05) is 36.4 Å². The summed E-state index contributed by atoms with van der Waals surface area (Å²) in [7, 11) is 2.64. The van der Waals surface area contributed by atoms with Gasteiger partial charge in [0.25, 0.3) is 5.56 Å². The van der Waals surface area contributed by atoms with Crippen LogP contribution in [0.5, 0.6) is 0 Å². The van der Waals surface area contributed by atoms with Gasteiger partial charge in [-0.2, -0.15) is 14.4 Å². The van der Waals surface area contributed by atoms with Crippen molar-refractivity contribution in [3.8, 4) is 5.69 Å². The normalized spacial score (nSPS) is 13.3. The lowest BCUT2D eigenvalue weighted by atomic mass is 10.0. The number of imidazole rings is 1. The Morgan fingerprint density at radius 1 is 1.06 bits per heavy atom. The van der Waals surface area contributed by atoms with Crippen LogP contribution in [0.3, 0.4) is 0 Å². The van der Waals surface area contributed by atoms with E-state index in [0.29, 0.717) is 16.6 Å². The van der Waals surface area contributed by atoms with Gasteiger partial charge in [0, 0.05) is 17.2 Å². The number of hydrogen-bond donors (Lipinski definition) is 1. The average Bonchev–Trinajstić information content (AvgIpc) is 3.23. The fraction of sp³-hybridized carbons (Fsp3) is 0.200. The maximum Gasteiger partial charge on any atom is 0.312 e. The molecule has 0 fully saturated rings. The molecule has 1 N–H and O–H groups in total. The third-order valence-electron chi connectivity index (χ3n) is 5.93. The number of nitrogens with zero attached hydrogens (tertiary/aromatic N) is 5. The molecule has 0 saturated carbocycles. The zero-order valence-electron chi connectivity index (χ0n) is 19.0. The highest BCUT2D eigenvalue weighted by atomic mass is 31.0. The first-order valence-corrected chi connectivity index (χ1v) is 11.6. The van der Waals surface area contributed by atoms with Gasteiger partial charge in [0.15, 0.2) is 17.0 Å². The third kappa shape index (κ3) is 3.74. The number of aromatic nitrogens is 5. The summed E-state index contributed by atoms with van der Waals surface area (Å²) in [6, 6.07) is 16.9. The summed E-state index contributed by atoms with van der Waals surface area (Å²) in [6.07, 6.45) is 0.773. The van der Waals surface area contributed by atoms with E-state index in [9.17, 15) is 9.18 Å². The predicted molar refractivity (Wildman–Crippen MR) is 136 cm³/mol. The summed E-state index contributed by atoms with van der Waals surface area (Å²) in [4.78, 5) is 26.0. The van der Waals surface area contributed by atoms with E-state index in [-0.39, 0.29) is 17.2 Å². The Bertz CT molecular complexity index is 1580. The van der Waals surface area contributed by atoms with Crippen molar-refractivity contribution in [1.29, 1.82) is 0 Å². The lowest BCUT2D eigenvalue weighted by Gasteiger charge is -2.22. The van der Waals surface area contributed by atoms with Crippen LogP contribution in [0.2, 0.25) is 0 Å². The van der Waals surface area contributed by atoms with Gasteiger partial charge in [-0.15, -0.1) is 9.24 Å². The van der Waals surface area contributed by atoms with Crippen molar-refractivity contribution < 1.29 is 4.39 Å². The molecule has 3 aromatic heterocycles. The Morgan fingerprint density at radius 2 is 1.82 bits per heavy atom. The van der Waals surface area contributed by atoms with E-state index in [1.807, 2.05) is 75.4 Å². The standard InChI is InChI=1S/C25H24FN6OP/c1-14-8-7-9-17-12-19(32(24(33)20(14)17)18-10-5-4-6-11-18)15(2)28-22-21-23(30-25(26)29-22)31(13-27-21)16(3)34/h4-13,15-16H,34H2,1-3H3,(H,28,29,30)/t15-,16?/m0/s1. The molecular formula is C25H24FN6OP. The van der Waals surface area contributed by atoms with E-state index in [2.05, 4.69) is 29.5 Å². The highest BCUT2D eigenvalue weighted by Gasteiger charge is 2.21. The monoisotopic (exact) mass is 474 g/mol. The molecule has 2 unspecified atom stereocenters. The van der Waals surface area contributed by atoms with Gasteiger partial charge in [-0.3, -0.25) is 9.36 Å². The quantitative estimate of drug-likeness (QED) is 0.282. The lowest BCUT2D eigenvalue weighted by molar-refractivity contribution is 0.541. The molecule has 0 saturated heterocycles. The molecule has 0 aliphatic rings. The van der Waals surface area contributed by atoms with Gasteiger partial charge in [0.1, 0.15) is 0 Å². The summed E-state index contributed by atoms with van der Waals surface area (Å²) in [6.45, 7) is 5.79. The highest BCUT2D eigenvalue weighted by molar-refractivity contribution is 7.16. The molecule has 0 aliphatic heterocycles. The van der Waals surface area contributed by atoms with Gasteiger partial charge in [0.05, 0.1) is 17.8 Å². The number of rotatable bonds is 5. The van der Waals surface area contributed by atoms with Crippen molar-refractivity contribution in [2.24, 2.45) is 0 Å². The molecule has 9 heteroatoms. The van der Waals surface area contributed by atoms with Crippen molar-refractivity contribution >= 4 is 37.0 Å². The molecule has 5 aromatic rings. The van der Waals surface area contributed by atoms with Gasteiger partial charge in [0.2, 0.25) is 0 Å². The van der Waals surface area contributed by atoms with E-state index in [1.54, 1.807) is 15.5 Å². The number of anilines is 1. The maximum absolute atomic E-state index is 14.4. The second-order valence-corrected chi connectivity index (χ2v) is 9.32. The molecule has 3 atom stereocenters. The Labute approximate surface area is 197 Å². The number of hydrogen-bond acceptors (Lipinski definition) is 5. The van der Waals surface area contributed by atoms with Crippen LogP contribution < -0.4 is 10.9 Å². The average molecular weight is 474 g/mol. The predicted octanol–water partition coefficient (Wildman–Crippen LogP) is 5.14. The molecule has 0 spiro atoms. The first kappa shape index (κ1) is 22.2. The van der Waals surface area contributed by atoms with E-state index in [4.69, 9.17) is 0 Å². The van der Waals surface area contributed by atoms with Gasteiger partial charge < -0.3 is 9.88 Å². The topological polar surface area (TPSA) is 77.6 Å². The van der Waals surface area contributed by atoms with Gasteiger partial charge in [-0.25, -0.2) is 4.98 Å². The summed E-state index contributed by atoms with van der Waals surface area (Å²) >= 11 is 0. The number of pyridine rings is 1. The van der Waals surface area contributed by atoms with Crippen LogP contribution in [0.15, 0.2) is 65.7 Å². The van der Waals surface area contributed by atoms with Gasteiger partial charge in [-0.05, 0) is 49.9 Å². The van der Waals surface area contributed by atoms with Crippen LogP contribution >= 0.6 is 9.24 Å². The van der Waals surface area contributed by atoms with Crippen molar-refractivity contribution in [3.63, 3.8) is 0 Å². The molecule has 5 rings (SSSR count). The smallest absolute Gasteiger partial charge is 0.312 e. The minimum Gasteiger partial charge on any atom is -0.360 e. The molecule has 2 aromatic carbocycles. The number of para-hydroxylation sites is 1. The van der Waals surface area contributed by atoms with Gasteiger partial charge >= 0.3 is 6.08 Å². The largest absolute Gasteiger partial charge is 0.360 e. The van der Waals surface area contributed by atoms with Crippen LogP contribution in [0.4, 0.5) is 10.2 Å². The second kappa shape index (κ2) is 8.61. The van der Waals surface area contributed by atoms with E-state index < -0.39 is 12.1 Å². The number of benzene rings is 2. The van der Waals surface area contributed by atoms with Crippen LogP contribution in [0.25, 0.3) is 27.6 Å². The van der Waals surface area contributed by atoms with E-state index in [1.165, 1.54) is 0 Å². The molecule has 0 amide bonds. The van der Waals surface area contributed by atoms with E-state index in [0.717, 1.165) is 22.3 Å². The molecular weight excluding hydrogens is 450 g/mol. The van der Waals surface area contributed by atoms with Crippen LogP contribution in [-0.4, -0.2) is 24.1 Å². The summed E-state index contributed by atoms with van der Waals surface area (Å²) < 4.78 is 17.8. The lowest BCUT2D eigenvalue weighted by Crippen LogP contribution is -2.26. The van der Waals surface area contributed by atoms with Crippen LogP contribution in [0.1, 0.15) is 36.9 Å². The summed E-state index contributed by atoms with van der Waals surface area (Å²) in [5.74, 6) is 0.257. The van der Waals surface area contributed by atoms with E-state index >= 15 is 0 Å². The van der Waals surface area contributed by atoms with Crippen molar-refractivity contribution in [1.82, 2.24) is 24.1 Å². The number of nitrogens with one attached hydrogen (secondary N) is 1. The SMILES string of the molecule is Cc1cccc2cc([C@H](C)Nc3nc(F)nc4c3ncn4C(C)P)n(-c3ccccc3)c(=O)c12. The fourth-order valence-electron chi connectivity index (χ4n) is 4.29. The summed E-state index contributed by atoms with van der Waals surface area (Å²) in [5, 5.41) is 4.80. The third-order valence-corrected chi connectivity index (χ3v) is 6.25. The summed E-state index contributed by atoms with van der Waals surface area (Å²) in [5.41, 5.74) is 3.15. The van der Waals surface area contributed by atoms with Crippen molar-refractivity contribution in [2.45, 2.75) is 32.6 Å². The highest BCUT2D eigenvalue weighted by Crippen LogP contribution is 2.29. The second-order valence-electron chi connectivity index (χ2n) is 8.36. The molecule has 3 heterocycles. The van der Waals surface area contributed by atoms with Crippen molar-refractivity contribution in [3.05, 3.63) is 88.6 Å². The first-order valence-electron chi connectivity index (χ1n) is 11.0. The minimum atomic E-state index is -0.843. The maximum atomic E-state index is 14.4. The minimum absolute atomic E-state index is 0.0171. The van der Waals surface area contributed by atoms with Crippen LogP contribution in [0, 0.1) is 13.0 Å². The fourth-order valence-corrected chi connectivity index (χ4v) is 4.50. The molecule has 0 aliphatic carbocycles. The Balaban J connectivity index is 1.69. The molecule has 0 bridgehead atoms. The Kier molecular flexibility index (Phi) is 5.62. The molecule has 0 radical (unpaired) electrons. The Morgan fingerprint density at radius 3 is 2.56 bits per heavy atom. The molecule has 7 nitrogen and oxygen atoms in total. The van der Waals surface area contributed by atoms with Crippen molar-refractivity contribution in [2.75, 3.05) is 5.32 Å². The zero-order valence-corrected chi connectivity index (χ0v) is 20.2. The molecule has 172 valence electrons. The number of halogens is 1. The first-order chi connectivity index (χ1) is 16.3. The molecule has 34 heavy (non-hydrogen) atoms. The Hall–Kier alpha value is -3.64. The zero-order chi connectivity index (χ0) is 24.0.